The lowest BCUT2D eigenvalue weighted by Crippen LogP contribution is -1.90. The van der Waals surface area contributed by atoms with Gasteiger partial charge in [-0.2, -0.15) is 0 Å². The molecule has 0 N–H and O–H groups in total. The minimum absolute atomic E-state index is 0.894. The molecule has 0 fully saturated rings. The van der Waals surface area contributed by atoms with E-state index < -0.39 is 0 Å². The molecule has 0 bridgehead atoms. The predicted molar refractivity (Wildman–Crippen MR) is 61.1 cm³/mol. The largest absolute Gasteiger partial charge is 0.333 e. The molecule has 0 spiro atoms. The Morgan fingerprint density at radius 2 is 2.14 bits per heavy atom. The van der Waals surface area contributed by atoms with E-state index in [9.17, 15) is 0 Å². The van der Waals surface area contributed by atoms with Crippen LogP contribution in [0.25, 0.3) is 11.3 Å². The van der Waals surface area contributed by atoms with E-state index in [-0.39, 0.29) is 0 Å². The predicted octanol–water partition coefficient (Wildman–Crippen LogP) is 3.16. The Labute approximate surface area is 91.7 Å². The van der Waals surface area contributed by atoms with Gasteiger partial charge in [-0.05, 0) is 28.9 Å². The molecule has 3 heteroatoms. The molecule has 14 heavy (non-hydrogen) atoms. The fourth-order valence-electron chi connectivity index (χ4n) is 1.52. The van der Waals surface area contributed by atoms with Crippen LogP contribution in [0.3, 0.4) is 0 Å². The smallest absolute Gasteiger partial charge is 0.132 e. The highest BCUT2D eigenvalue weighted by molar-refractivity contribution is 9.10. The first-order valence-electron chi connectivity index (χ1n) is 4.42. The van der Waals surface area contributed by atoms with Crippen LogP contribution in [0.2, 0.25) is 0 Å². The van der Waals surface area contributed by atoms with Crippen LogP contribution in [0, 0.1) is 6.92 Å². The maximum absolute atomic E-state index is 4.20. The van der Waals surface area contributed by atoms with Crippen molar-refractivity contribution in [1.29, 1.82) is 0 Å². The zero-order valence-corrected chi connectivity index (χ0v) is 9.75. The SMILES string of the molecule is Cc1cccc(-c2c(Br)ncn2C)c1. The summed E-state index contributed by atoms with van der Waals surface area (Å²) in [5.74, 6) is 0. The maximum atomic E-state index is 4.20. The lowest BCUT2D eigenvalue weighted by Gasteiger charge is -2.04. The van der Waals surface area contributed by atoms with Crippen LogP contribution in [0.1, 0.15) is 5.56 Å². The number of hydrogen-bond acceptors (Lipinski definition) is 1. The lowest BCUT2D eigenvalue weighted by atomic mass is 10.1. The van der Waals surface area contributed by atoms with E-state index in [2.05, 4.69) is 52.1 Å². The Morgan fingerprint density at radius 3 is 2.71 bits per heavy atom. The van der Waals surface area contributed by atoms with Gasteiger partial charge in [0, 0.05) is 12.6 Å². The molecular formula is C11H11BrN2. The van der Waals surface area contributed by atoms with Crippen molar-refractivity contribution in [2.24, 2.45) is 7.05 Å². The van der Waals surface area contributed by atoms with Crippen LogP contribution < -0.4 is 0 Å². The average molecular weight is 251 g/mol. The van der Waals surface area contributed by atoms with E-state index in [1.54, 1.807) is 0 Å². The highest BCUT2D eigenvalue weighted by Gasteiger charge is 2.07. The van der Waals surface area contributed by atoms with Crippen LogP contribution in [0.15, 0.2) is 35.2 Å². The van der Waals surface area contributed by atoms with E-state index in [1.807, 2.05) is 17.9 Å². The summed E-state index contributed by atoms with van der Waals surface area (Å²) in [6.07, 6.45) is 1.81. The Hall–Kier alpha value is -1.09. The topological polar surface area (TPSA) is 17.8 Å². The van der Waals surface area contributed by atoms with Crippen molar-refractivity contribution >= 4 is 15.9 Å². The molecule has 2 aromatic rings. The molecular weight excluding hydrogens is 240 g/mol. The molecule has 0 aliphatic carbocycles. The summed E-state index contributed by atoms with van der Waals surface area (Å²) < 4.78 is 2.91. The van der Waals surface area contributed by atoms with Gasteiger partial charge in [-0.25, -0.2) is 4.98 Å². The molecule has 0 amide bonds. The molecule has 1 aromatic carbocycles. The summed E-state index contributed by atoms with van der Waals surface area (Å²) in [4.78, 5) is 4.20. The zero-order valence-electron chi connectivity index (χ0n) is 8.16. The van der Waals surface area contributed by atoms with Gasteiger partial charge in [0.15, 0.2) is 0 Å². The number of hydrogen-bond donors (Lipinski definition) is 0. The molecule has 0 saturated carbocycles. The first kappa shape index (κ1) is 9.46. The zero-order chi connectivity index (χ0) is 10.1. The van der Waals surface area contributed by atoms with Crippen molar-refractivity contribution in [3.8, 4) is 11.3 Å². The highest BCUT2D eigenvalue weighted by Crippen LogP contribution is 2.26. The van der Waals surface area contributed by atoms with Crippen LogP contribution in [0.5, 0.6) is 0 Å². The van der Waals surface area contributed by atoms with Crippen LogP contribution in [-0.2, 0) is 7.05 Å². The van der Waals surface area contributed by atoms with Gasteiger partial charge in [-0.15, -0.1) is 0 Å². The molecule has 0 radical (unpaired) electrons. The molecule has 72 valence electrons. The second-order valence-electron chi connectivity index (χ2n) is 3.36. The number of aromatic nitrogens is 2. The fourth-order valence-corrected chi connectivity index (χ4v) is 2.12. The molecule has 0 saturated heterocycles. The minimum Gasteiger partial charge on any atom is -0.333 e. The summed E-state index contributed by atoms with van der Waals surface area (Å²) in [6.45, 7) is 2.09. The monoisotopic (exact) mass is 250 g/mol. The van der Waals surface area contributed by atoms with Crippen molar-refractivity contribution in [1.82, 2.24) is 9.55 Å². The van der Waals surface area contributed by atoms with E-state index in [4.69, 9.17) is 0 Å². The molecule has 0 atom stereocenters. The average Bonchev–Trinajstić information content (AvgIpc) is 2.46. The van der Waals surface area contributed by atoms with Crippen molar-refractivity contribution < 1.29 is 0 Å². The Kier molecular flexibility index (Phi) is 2.42. The molecule has 1 heterocycles. The normalized spacial score (nSPS) is 10.5. The van der Waals surface area contributed by atoms with E-state index in [1.165, 1.54) is 11.1 Å². The van der Waals surface area contributed by atoms with Crippen LogP contribution in [-0.4, -0.2) is 9.55 Å². The first-order chi connectivity index (χ1) is 6.68. The summed E-state index contributed by atoms with van der Waals surface area (Å²) in [7, 11) is 2.00. The van der Waals surface area contributed by atoms with Gasteiger partial charge in [-0.3, -0.25) is 0 Å². The summed E-state index contributed by atoms with van der Waals surface area (Å²) in [6, 6.07) is 8.40. The van der Waals surface area contributed by atoms with Crippen molar-refractivity contribution in [3.05, 3.63) is 40.8 Å². The van der Waals surface area contributed by atoms with Crippen molar-refractivity contribution in [2.75, 3.05) is 0 Å². The van der Waals surface area contributed by atoms with E-state index in [0.29, 0.717) is 0 Å². The summed E-state index contributed by atoms with van der Waals surface area (Å²) in [5.41, 5.74) is 3.57. The number of aryl methyl sites for hydroxylation is 2. The second kappa shape index (κ2) is 3.58. The second-order valence-corrected chi connectivity index (χ2v) is 4.12. The molecule has 0 aliphatic heterocycles. The van der Waals surface area contributed by atoms with Gasteiger partial charge in [0.25, 0.3) is 0 Å². The fraction of sp³-hybridized carbons (Fsp3) is 0.182. The number of imidazole rings is 1. The standard InChI is InChI=1S/C11H11BrN2/c1-8-4-3-5-9(6-8)10-11(12)13-7-14(10)2/h3-7H,1-2H3. The minimum atomic E-state index is 0.894. The number of nitrogens with zero attached hydrogens (tertiary/aromatic N) is 2. The highest BCUT2D eigenvalue weighted by atomic mass is 79.9. The van der Waals surface area contributed by atoms with Gasteiger partial charge < -0.3 is 4.57 Å². The van der Waals surface area contributed by atoms with Crippen LogP contribution >= 0.6 is 15.9 Å². The molecule has 0 unspecified atom stereocenters. The van der Waals surface area contributed by atoms with E-state index >= 15 is 0 Å². The number of rotatable bonds is 1. The third-order valence-corrected chi connectivity index (χ3v) is 2.76. The molecule has 2 rings (SSSR count). The quantitative estimate of drug-likeness (QED) is 0.761. The van der Waals surface area contributed by atoms with Crippen molar-refractivity contribution in [3.63, 3.8) is 0 Å². The lowest BCUT2D eigenvalue weighted by molar-refractivity contribution is 0.921. The number of benzene rings is 1. The first-order valence-corrected chi connectivity index (χ1v) is 5.21. The van der Waals surface area contributed by atoms with Gasteiger partial charge in [-0.1, -0.05) is 23.8 Å². The van der Waals surface area contributed by atoms with Gasteiger partial charge in [0.2, 0.25) is 0 Å². The Bertz CT molecular complexity index is 441. The maximum Gasteiger partial charge on any atom is 0.132 e. The number of halogens is 1. The van der Waals surface area contributed by atoms with Crippen molar-refractivity contribution in [2.45, 2.75) is 6.92 Å². The summed E-state index contributed by atoms with van der Waals surface area (Å²) >= 11 is 3.45. The Morgan fingerprint density at radius 1 is 1.36 bits per heavy atom. The molecule has 1 aromatic heterocycles. The van der Waals surface area contributed by atoms with Crippen LogP contribution in [0.4, 0.5) is 0 Å². The molecule has 2 nitrogen and oxygen atoms in total. The third kappa shape index (κ3) is 1.60. The Balaban J connectivity index is 2.59. The van der Waals surface area contributed by atoms with Gasteiger partial charge >= 0.3 is 0 Å². The van der Waals surface area contributed by atoms with E-state index in [0.717, 1.165) is 10.3 Å². The molecule has 0 aliphatic rings. The van der Waals surface area contributed by atoms with Gasteiger partial charge in [0.05, 0.1) is 12.0 Å². The third-order valence-electron chi connectivity index (χ3n) is 2.18. The van der Waals surface area contributed by atoms with Gasteiger partial charge in [0.1, 0.15) is 4.60 Å². The summed E-state index contributed by atoms with van der Waals surface area (Å²) in [5, 5.41) is 0.